The number of halogens is 1. The lowest BCUT2D eigenvalue weighted by atomic mass is 9.98. The molecular weight excluding hydrogens is 435 g/mol. The van der Waals surface area contributed by atoms with Crippen molar-refractivity contribution in [3.05, 3.63) is 77.2 Å². The summed E-state index contributed by atoms with van der Waals surface area (Å²) in [5.41, 5.74) is 2.05. The van der Waals surface area contributed by atoms with Crippen LogP contribution >= 0.6 is 0 Å². The molecule has 1 aliphatic rings. The number of rotatable bonds is 9. The molecule has 1 fully saturated rings. The smallest absolute Gasteiger partial charge is 0.272 e. The van der Waals surface area contributed by atoms with Crippen molar-refractivity contribution in [3.63, 3.8) is 0 Å². The lowest BCUT2D eigenvalue weighted by Gasteiger charge is -2.21. The van der Waals surface area contributed by atoms with Crippen LogP contribution in [-0.2, 0) is 4.79 Å². The predicted molar refractivity (Wildman–Crippen MR) is 126 cm³/mol. The summed E-state index contributed by atoms with van der Waals surface area (Å²) in [7, 11) is 1.43. The number of methoxy groups -OCH3 is 1. The van der Waals surface area contributed by atoms with Crippen LogP contribution in [0.5, 0.6) is 5.88 Å². The second kappa shape index (κ2) is 10.1. The van der Waals surface area contributed by atoms with Gasteiger partial charge in [-0.05, 0) is 55.9 Å². The van der Waals surface area contributed by atoms with Gasteiger partial charge in [-0.25, -0.2) is 4.39 Å². The average molecular weight is 465 g/mol. The summed E-state index contributed by atoms with van der Waals surface area (Å²) in [5.74, 6) is -0.342. The van der Waals surface area contributed by atoms with Gasteiger partial charge >= 0.3 is 0 Å². The Hall–Kier alpha value is -3.68. The zero-order chi connectivity index (χ0) is 24.2. The van der Waals surface area contributed by atoms with E-state index in [0.717, 1.165) is 24.0 Å². The Bertz CT molecular complexity index is 1190. The van der Waals surface area contributed by atoms with Gasteiger partial charge in [0.15, 0.2) is 5.69 Å². The van der Waals surface area contributed by atoms with Crippen LogP contribution in [-0.4, -0.2) is 34.7 Å². The van der Waals surface area contributed by atoms with Crippen molar-refractivity contribution in [3.8, 4) is 11.6 Å². The maximum Gasteiger partial charge on any atom is 0.272 e. The highest BCUT2D eigenvalue weighted by Crippen LogP contribution is 2.32. The van der Waals surface area contributed by atoms with Crippen molar-refractivity contribution >= 4 is 11.8 Å². The molecule has 0 radical (unpaired) electrons. The van der Waals surface area contributed by atoms with E-state index in [0.29, 0.717) is 5.92 Å². The van der Waals surface area contributed by atoms with Crippen LogP contribution in [0.25, 0.3) is 5.69 Å². The SMILES string of the molecule is COc1cc(C(=O)N[C@@H](CC(=O)N[C@@H](C)C2CC2)c2ccccc2C)nn1-c1ccccc1F. The molecule has 1 saturated carbocycles. The number of aromatic nitrogens is 2. The highest BCUT2D eigenvalue weighted by atomic mass is 19.1. The topological polar surface area (TPSA) is 85.2 Å². The number of hydrogen-bond donors (Lipinski definition) is 2. The van der Waals surface area contributed by atoms with Gasteiger partial charge in [-0.2, -0.15) is 9.78 Å². The molecule has 0 bridgehead atoms. The Morgan fingerprint density at radius 2 is 1.85 bits per heavy atom. The second-order valence-corrected chi connectivity index (χ2v) is 8.72. The van der Waals surface area contributed by atoms with Gasteiger partial charge in [0.25, 0.3) is 5.91 Å². The fourth-order valence-electron chi connectivity index (χ4n) is 4.08. The number of aryl methyl sites for hydroxylation is 1. The molecule has 1 aromatic heterocycles. The van der Waals surface area contributed by atoms with E-state index >= 15 is 0 Å². The minimum Gasteiger partial charge on any atom is -0.481 e. The van der Waals surface area contributed by atoms with Gasteiger partial charge in [-0.1, -0.05) is 36.4 Å². The molecule has 2 amide bonds. The molecule has 34 heavy (non-hydrogen) atoms. The number of benzene rings is 2. The fourth-order valence-corrected chi connectivity index (χ4v) is 4.08. The van der Waals surface area contributed by atoms with E-state index < -0.39 is 17.8 Å². The van der Waals surface area contributed by atoms with Gasteiger partial charge in [-0.15, -0.1) is 0 Å². The van der Waals surface area contributed by atoms with Gasteiger partial charge in [0.05, 0.1) is 19.6 Å². The van der Waals surface area contributed by atoms with Crippen LogP contribution in [0.1, 0.15) is 53.8 Å². The number of carbonyl (C=O) groups is 2. The lowest BCUT2D eigenvalue weighted by Crippen LogP contribution is -2.38. The Morgan fingerprint density at radius 1 is 1.15 bits per heavy atom. The molecule has 4 rings (SSSR count). The van der Waals surface area contributed by atoms with E-state index in [2.05, 4.69) is 15.7 Å². The molecule has 3 aromatic rings. The first-order valence-corrected chi connectivity index (χ1v) is 11.4. The number of nitrogens with one attached hydrogen (secondary N) is 2. The first kappa shape index (κ1) is 23.5. The van der Waals surface area contributed by atoms with E-state index in [9.17, 15) is 14.0 Å². The second-order valence-electron chi connectivity index (χ2n) is 8.72. The third-order valence-corrected chi connectivity index (χ3v) is 6.18. The maximum atomic E-state index is 14.3. The Balaban J connectivity index is 1.57. The highest BCUT2D eigenvalue weighted by Gasteiger charge is 2.30. The standard InChI is InChI=1S/C26H29FN4O3/c1-16-8-4-5-9-19(16)21(14-24(32)28-17(2)18-12-13-18)29-26(33)22-15-25(34-3)31(30-22)23-11-7-6-10-20(23)27/h4-11,15,17-18,21H,12-14H2,1-3H3,(H,28,32)(H,29,33)/t17-,21-/m0/s1. The normalized spacial score (nSPS) is 14.8. The summed E-state index contributed by atoms with van der Waals surface area (Å²) in [6.07, 6.45) is 2.36. The van der Waals surface area contributed by atoms with Gasteiger partial charge in [0, 0.05) is 12.1 Å². The van der Waals surface area contributed by atoms with Gasteiger partial charge in [0.1, 0.15) is 11.5 Å². The Morgan fingerprint density at radius 3 is 2.53 bits per heavy atom. The van der Waals surface area contributed by atoms with E-state index in [1.54, 1.807) is 18.2 Å². The third-order valence-electron chi connectivity index (χ3n) is 6.18. The number of amides is 2. The first-order chi connectivity index (χ1) is 16.4. The van der Waals surface area contributed by atoms with E-state index in [1.165, 1.54) is 23.9 Å². The van der Waals surface area contributed by atoms with Crippen LogP contribution in [0.4, 0.5) is 4.39 Å². The summed E-state index contributed by atoms with van der Waals surface area (Å²) in [6, 6.07) is 14.7. The molecule has 7 nitrogen and oxygen atoms in total. The summed E-state index contributed by atoms with van der Waals surface area (Å²) in [4.78, 5) is 26.0. The molecule has 0 unspecified atom stereocenters. The molecule has 1 heterocycles. The summed E-state index contributed by atoms with van der Waals surface area (Å²) in [5, 5.41) is 10.3. The number of para-hydroxylation sites is 1. The summed E-state index contributed by atoms with van der Waals surface area (Å²) < 4.78 is 20.9. The zero-order valence-electron chi connectivity index (χ0n) is 19.5. The molecule has 2 atom stereocenters. The molecule has 2 aromatic carbocycles. The number of nitrogens with zero attached hydrogens (tertiary/aromatic N) is 2. The van der Waals surface area contributed by atoms with Crippen molar-refractivity contribution in [1.29, 1.82) is 0 Å². The maximum absolute atomic E-state index is 14.3. The van der Waals surface area contributed by atoms with Gasteiger partial charge in [0.2, 0.25) is 11.8 Å². The fraction of sp³-hybridized carbons (Fsp3) is 0.346. The predicted octanol–water partition coefficient (Wildman–Crippen LogP) is 4.10. The Labute approximate surface area is 198 Å². The minimum atomic E-state index is -0.551. The van der Waals surface area contributed by atoms with E-state index in [4.69, 9.17) is 4.74 Å². The van der Waals surface area contributed by atoms with Crippen LogP contribution in [0.3, 0.4) is 0 Å². The number of hydrogen-bond acceptors (Lipinski definition) is 4. The van der Waals surface area contributed by atoms with Crippen molar-refractivity contribution in [2.45, 2.75) is 45.2 Å². The molecule has 8 heteroatoms. The van der Waals surface area contributed by atoms with E-state index in [-0.39, 0.29) is 35.6 Å². The minimum absolute atomic E-state index is 0.0606. The lowest BCUT2D eigenvalue weighted by molar-refractivity contribution is -0.122. The molecule has 178 valence electrons. The van der Waals surface area contributed by atoms with Crippen molar-refractivity contribution in [2.24, 2.45) is 5.92 Å². The average Bonchev–Trinajstić information content (AvgIpc) is 3.58. The van der Waals surface area contributed by atoms with Crippen LogP contribution < -0.4 is 15.4 Å². The molecule has 0 saturated heterocycles. The molecule has 0 spiro atoms. The van der Waals surface area contributed by atoms with Gasteiger partial charge in [-0.3, -0.25) is 9.59 Å². The van der Waals surface area contributed by atoms with Crippen molar-refractivity contribution in [1.82, 2.24) is 20.4 Å². The number of carbonyl (C=O) groups excluding carboxylic acids is 2. The third kappa shape index (κ3) is 5.27. The molecular formula is C26H29FN4O3. The van der Waals surface area contributed by atoms with E-state index in [1.807, 2.05) is 38.1 Å². The largest absolute Gasteiger partial charge is 0.481 e. The Kier molecular flexibility index (Phi) is 6.95. The number of ether oxygens (including phenoxy) is 1. The van der Waals surface area contributed by atoms with Crippen LogP contribution in [0.15, 0.2) is 54.6 Å². The van der Waals surface area contributed by atoms with Crippen molar-refractivity contribution in [2.75, 3.05) is 7.11 Å². The highest BCUT2D eigenvalue weighted by molar-refractivity contribution is 5.93. The van der Waals surface area contributed by atoms with Gasteiger partial charge < -0.3 is 15.4 Å². The summed E-state index contributed by atoms with van der Waals surface area (Å²) in [6.45, 7) is 3.95. The quantitative estimate of drug-likeness (QED) is 0.499. The molecule has 1 aliphatic carbocycles. The van der Waals surface area contributed by atoms with Crippen LogP contribution in [0, 0.1) is 18.7 Å². The molecule has 0 aliphatic heterocycles. The zero-order valence-corrected chi connectivity index (χ0v) is 19.5. The summed E-state index contributed by atoms with van der Waals surface area (Å²) >= 11 is 0. The first-order valence-electron chi connectivity index (χ1n) is 11.4. The van der Waals surface area contributed by atoms with Crippen molar-refractivity contribution < 1.29 is 18.7 Å². The molecule has 2 N–H and O–H groups in total. The monoisotopic (exact) mass is 464 g/mol. The van der Waals surface area contributed by atoms with Crippen LogP contribution in [0.2, 0.25) is 0 Å².